The zero-order chi connectivity index (χ0) is 13.5. The third-order valence-corrected chi connectivity index (χ3v) is 3.31. The second-order valence-electron chi connectivity index (χ2n) is 3.67. The van der Waals surface area contributed by atoms with Gasteiger partial charge in [-0.1, -0.05) is 43.3 Å². The molecule has 1 aromatic heterocycles. The molecule has 2 nitrogen and oxygen atoms in total. The molecule has 0 aliphatic carbocycles. The minimum atomic E-state index is 0.788. The van der Waals surface area contributed by atoms with Crippen molar-refractivity contribution in [2.24, 2.45) is 0 Å². The van der Waals surface area contributed by atoms with E-state index in [0.717, 1.165) is 22.3 Å². The van der Waals surface area contributed by atoms with Crippen molar-refractivity contribution in [3.05, 3.63) is 46.2 Å². The highest BCUT2D eigenvalue weighted by Crippen LogP contribution is 2.18. The second-order valence-corrected chi connectivity index (χ2v) is 4.90. The van der Waals surface area contributed by atoms with Crippen LogP contribution in [0.5, 0.6) is 0 Å². The van der Waals surface area contributed by atoms with E-state index < -0.39 is 0 Å². The molecule has 0 unspecified atom stereocenters. The number of imidazole rings is 1. The number of nitrogens with zero attached hydrogens (tertiary/aromatic N) is 1. The number of nitrogens with one attached hydrogen (secondary N) is 1. The van der Waals surface area contributed by atoms with Crippen LogP contribution in [0.4, 0.5) is 0 Å². The lowest BCUT2D eigenvalue weighted by Crippen LogP contribution is -1.91. The Balaban J connectivity index is 0.000000771. The second kappa shape index (κ2) is 7.49. The lowest BCUT2D eigenvalue weighted by atomic mass is 10.0. The first kappa shape index (κ1) is 15.1. The quantitative estimate of drug-likeness (QED) is 0.826. The molecule has 0 radical (unpaired) electrons. The van der Waals surface area contributed by atoms with Crippen molar-refractivity contribution in [1.82, 2.24) is 9.97 Å². The van der Waals surface area contributed by atoms with E-state index in [1.165, 1.54) is 11.1 Å². The summed E-state index contributed by atoms with van der Waals surface area (Å²) in [6, 6.07) is 5.98. The monoisotopic (exact) mass is 282 g/mol. The summed E-state index contributed by atoms with van der Waals surface area (Å²) in [5, 5.41) is 1.75. The first-order chi connectivity index (χ1) is 8.69. The van der Waals surface area contributed by atoms with Crippen LogP contribution < -0.4 is 0 Å². The molecule has 0 bridgehead atoms. The van der Waals surface area contributed by atoms with Gasteiger partial charge in [-0.25, -0.2) is 4.98 Å². The summed E-state index contributed by atoms with van der Waals surface area (Å²) < 4.78 is 0. The van der Waals surface area contributed by atoms with Crippen molar-refractivity contribution in [3.8, 4) is 0 Å². The maximum absolute atomic E-state index is 5.92. The molecule has 0 saturated carbocycles. The minimum absolute atomic E-state index is 0.788. The van der Waals surface area contributed by atoms with Crippen LogP contribution in [0.3, 0.4) is 0 Å². The number of benzene rings is 1. The SMILES string of the molecule is CC.CSc1ncc(Cc2ccc(Cl)cc2C)[nH]1. The van der Waals surface area contributed by atoms with Crippen molar-refractivity contribution in [2.75, 3.05) is 6.26 Å². The minimum Gasteiger partial charge on any atom is -0.337 e. The lowest BCUT2D eigenvalue weighted by molar-refractivity contribution is 1.01. The van der Waals surface area contributed by atoms with E-state index >= 15 is 0 Å². The maximum Gasteiger partial charge on any atom is 0.165 e. The Morgan fingerprint density at radius 1 is 1.33 bits per heavy atom. The Hall–Kier alpha value is -0.930. The number of thioether (sulfide) groups is 1. The van der Waals surface area contributed by atoms with Gasteiger partial charge in [0.25, 0.3) is 0 Å². The summed E-state index contributed by atoms with van der Waals surface area (Å²) in [6.07, 6.45) is 4.77. The van der Waals surface area contributed by atoms with Crippen molar-refractivity contribution in [1.29, 1.82) is 0 Å². The van der Waals surface area contributed by atoms with Crippen LogP contribution >= 0.6 is 23.4 Å². The summed E-state index contributed by atoms with van der Waals surface area (Å²) in [5.74, 6) is 0. The van der Waals surface area contributed by atoms with Crippen LogP contribution in [-0.4, -0.2) is 16.2 Å². The van der Waals surface area contributed by atoms with Gasteiger partial charge >= 0.3 is 0 Å². The highest BCUT2D eigenvalue weighted by Gasteiger charge is 2.04. The normalized spacial score (nSPS) is 9.83. The van der Waals surface area contributed by atoms with Crippen molar-refractivity contribution < 1.29 is 0 Å². The van der Waals surface area contributed by atoms with Gasteiger partial charge in [-0.15, -0.1) is 0 Å². The highest BCUT2D eigenvalue weighted by molar-refractivity contribution is 7.98. The molecule has 0 atom stereocenters. The number of hydrogen-bond donors (Lipinski definition) is 1. The van der Waals surface area contributed by atoms with Gasteiger partial charge in [-0.2, -0.15) is 0 Å². The molecule has 98 valence electrons. The molecule has 2 rings (SSSR count). The molecular weight excluding hydrogens is 264 g/mol. The van der Waals surface area contributed by atoms with E-state index in [0.29, 0.717) is 0 Å². The van der Waals surface area contributed by atoms with Gasteiger partial charge in [0.05, 0.1) is 0 Å². The summed E-state index contributed by atoms with van der Waals surface area (Å²) in [5.41, 5.74) is 3.63. The number of H-pyrrole nitrogens is 1. The van der Waals surface area contributed by atoms with E-state index in [9.17, 15) is 0 Å². The predicted molar refractivity (Wildman–Crippen MR) is 80.7 cm³/mol. The number of aromatic amines is 1. The number of hydrogen-bond acceptors (Lipinski definition) is 2. The van der Waals surface area contributed by atoms with Gasteiger partial charge in [0.2, 0.25) is 0 Å². The standard InChI is InChI=1S/C12H13ClN2S.C2H6/c1-8-5-10(13)4-3-9(8)6-11-7-14-12(15-11)16-2;1-2/h3-5,7H,6H2,1-2H3,(H,14,15);1-2H3. The molecule has 0 aliphatic rings. The Kier molecular flexibility index (Phi) is 6.30. The summed E-state index contributed by atoms with van der Waals surface area (Å²) >= 11 is 7.54. The van der Waals surface area contributed by atoms with Crippen LogP contribution in [0.1, 0.15) is 30.7 Å². The van der Waals surface area contributed by atoms with E-state index in [1.54, 1.807) is 11.8 Å². The summed E-state index contributed by atoms with van der Waals surface area (Å²) in [4.78, 5) is 7.53. The van der Waals surface area contributed by atoms with Gasteiger partial charge in [0.1, 0.15) is 0 Å². The van der Waals surface area contributed by atoms with E-state index in [4.69, 9.17) is 11.6 Å². The smallest absolute Gasteiger partial charge is 0.165 e. The molecular formula is C14H19ClN2S. The van der Waals surface area contributed by atoms with E-state index in [2.05, 4.69) is 23.0 Å². The molecule has 2 aromatic rings. The van der Waals surface area contributed by atoms with Gasteiger partial charge in [0, 0.05) is 23.3 Å². The molecule has 0 saturated heterocycles. The zero-order valence-corrected chi connectivity index (χ0v) is 12.8. The fourth-order valence-electron chi connectivity index (χ4n) is 1.59. The fourth-order valence-corrected chi connectivity index (χ4v) is 2.21. The first-order valence-corrected chi connectivity index (χ1v) is 7.62. The number of halogens is 1. The van der Waals surface area contributed by atoms with Crippen LogP contribution in [-0.2, 0) is 6.42 Å². The van der Waals surface area contributed by atoms with E-state index in [-0.39, 0.29) is 0 Å². The average molecular weight is 283 g/mol. The fraction of sp³-hybridized carbons (Fsp3) is 0.357. The Morgan fingerprint density at radius 3 is 2.61 bits per heavy atom. The lowest BCUT2D eigenvalue weighted by Gasteiger charge is -2.04. The molecule has 4 heteroatoms. The number of rotatable bonds is 3. The zero-order valence-electron chi connectivity index (χ0n) is 11.2. The van der Waals surface area contributed by atoms with Crippen LogP contribution in [0, 0.1) is 6.92 Å². The molecule has 18 heavy (non-hydrogen) atoms. The van der Waals surface area contributed by atoms with Gasteiger partial charge in [-0.05, 0) is 36.4 Å². The highest BCUT2D eigenvalue weighted by atomic mass is 35.5. The Labute approximate surface area is 118 Å². The molecule has 1 heterocycles. The topological polar surface area (TPSA) is 28.7 Å². The predicted octanol–water partition coefficient (Wildman–Crippen LogP) is 4.71. The van der Waals surface area contributed by atoms with Gasteiger partial charge in [0.15, 0.2) is 5.16 Å². The van der Waals surface area contributed by atoms with Crippen molar-refractivity contribution in [2.45, 2.75) is 32.3 Å². The molecule has 1 N–H and O–H groups in total. The first-order valence-electron chi connectivity index (χ1n) is 6.02. The van der Waals surface area contributed by atoms with Crippen molar-refractivity contribution in [3.63, 3.8) is 0 Å². The average Bonchev–Trinajstić information content (AvgIpc) is 2.83. The Bertz CT molecular complexity index is 494. The van der Waals surface area contributed by atoms with Gasteiger partial charge < -0.3 is 4.98 Å². The maximum atomic E-state index is 5.92. The van der Waals surface area contributed by atoms with Crippen LogP contribution in [0.15, 0.2) is 29.6 Å². The summed E-state index contributed by atoms with van der Waals surface area (Å²) in [6.45, 7) is 6.08. The van der Waals surface area contributed by atoms with Crippen molar-refractivity contribution >= 4 is 23.4 Å². The Morgan fingerprint density at radius 2 is 2.06 bits per heavy atom. The van der Waals surface area contributed by atoms with Gasteiger partial charge in [-0.3, -0.25) is 0 Å². The summed E-state index contributed by atoms with van der Waals surface area (Å²) in [7, 11) is 0. The third-order valence-electron chi connectivity index (χ3n) is 2.48. The van der Waals surface area contributed by atoms with Crippen LogP contribution in [0.2, 0.25) is 5.02 Å². The van der Waals surface area contributed by atoms with Crippen LogP contribution in [0.25, 0.3) is 0 Å². The molecule has 0 fully saturated rings. The molecule has 0 amide bonds. The largest absolute Gasteiger partial charge is 0.337 e. The number of aromatic nitrogens is 2. The molecule has 0 spiro atoms. The molecule has 1 aromatic carbocycles. The number of aryl methyl sites for hydroxylation is 1. The molecule has 0 aliphatic heterocycles. The third kappa shape index (κ3) is 4.07. The van der Waals surface area contributed by atoms with E-state index in [1.807, 2.05) is 38.4 Å².